The number of nitrogens with zero attached hydrogens (tertiary/aromatic N) is 1. The highest BCUT2D eigenvalue weighted by Crippen LogP contribution is 2.25. The van der Waals surface area contributed by atoms with Crippen molar-refractivity contribution < 1.29 is 19.5 Å². The fraction of sp³-hybridized carbons (Fsp3) is 0.108. The van der Waals surface area contributed by atoms with Gasteiger partial charge in [0.1, 0.15) is 0 Å². The lowest BCUT2D eigenvalue weighted by molar-refractivity contribution is -0.156. The second-order valence-corrected chi connectivity index (χ2v) is 10.3. The molecule has 6 heteroatoms. The van der Waals surface area contributed by atoms with Crippen molar-refractivity contribution >= 4 is 17.8 Å². The Kier molecular flexibility index (Phi) is 9.39. The molecule has 2 amide bonds. The van der Waals surface area contributed by atoms with Crippen LogP contribution in [0.1, 0.15) is 38.5 Å². The normalized spacial score (nSPS) is 10.7. The SMILES string of the molecule is O=C(O)C(=O)N(Cc1ccccc1)Cc1ccc(-c2cccc(C(=O)NCC(c3ccccc3)c3ccccc3)c2)cc1. The van der Waals surface area contributed by atoms with Crippen molar-refractivity contribution in [1.29, 1.82) is 0 Å². The molecule has 0 radical (unpaired) electrons. The second kappa shape index (κ2) is 13.9. The first-order valence-electron chi connectivity index (χ1n) is 14.1. The molecule has 0 saturated carbocycles. The summed E-state index contributed by atoms with van der Waals surface area (Å²) in [5, 5.41) is 12.5. The largest absolute Gasteiger partial charge is 0.474 e. The van der Waals surface area contributed by atoms with Gasteiger partial charge in [0.15, 0.2) is 0 Å². The molecule has 214 valence electrons. The smallest absolute Gasteiger partial charge is 0.394 e. The van der Waals surface area contributed by atoms with E-state index in [-0.39, 0.29) is 24.9 Å². The van der Waals surface area contributed by atoms with E-state index in [0.29, 0.717) is 12.1 Å². The number of rotatable bonds is 10. The van der Waals surface area contributed by atoms with Crippen LogP contribution in [-0.4, -0.2) is 34.3 Å². The fourth-order valence-corrected chi connectivity index (χ4v) is 5.10. The predicted octanol–water partition coefficient (Wildman–Crippen LogP) is 6.53. The Labute approximate surface area is 251 Å². The van der Waals surface area contributed by atoms with Crippen LogP contribution in [0.2, 0.25) is 0 Å². The van der Waals surface area contributed by atoms with E-state index in [4.69, 9.17) is 0 Å². The third-order valence-electron chi connectivity index (χ3n) is 7.34. The molecule has 0 unspecified atom stereocenters. The number of nitrogens with one attached hydrogen (secondary N) is 1. The Balaban J connectivity index is 1.28. The molecule has 6 nitrogen and oxygen atoms in total. The number of carboxylic acids is 1. The van der Waals surface area contributed by atoms with Gasteiger partial charge in [0.05, 0.1) is 0 Å². The zero-order chi connectivity index (χ0) is 30.0. The van der Waals surface area contributed by atoms with Crippen molar-refractivity contribution in [2.24, 2.45) is 0 Å². The topological polar surface area (TPSA) is 86.7 Å². The van der Waals surface area contributed by atoms with Crippen molar-refractivity contribution in [2.45, 2.75) is 19.0 Å². The number of benzene rings is 5. The summed E-state index contributed by atoms with van der Waals surface area (Å²) in [6.45, 7) is 0.813. The second-order valence-electron chi connectivity index (χ2n) is 10.3. The third kappa shape index (κ3) is 7.63. The summed E-state index contributed by atoms with van der Waals surface area (Å²) in [7, 11) is 0. The van der Waals surface area contributed by atoms with E-state index in [1.165, 1.54) is 4.90 Å². The van der Waals surface area contributed by atoms with E-state index in [2.05, 4.69) is 29.6 Å². The van der Waals surface area contributed by atoms with Crippen LogP contribution in [-0.2, 0) is 22.7 Å². The molecule has 5 aromatic carbocycles. The lowest BCUT2D eigenvalue weighted by Crippen LogP contribution is -2.35. The van der Waals surface area contributed by atoms with Crippen molar-refractivity contribution in [3.63, 3.8) is 0 Å². The molecule has 0 spiro atoms. The van der Waals surface area contributed by atoms with Gasteiger partial charge in [0.2, 0.25) is 0 Å². The summed E-state index contributed by atoms with van der Waals surface area (Å²) in [6, 6.07) is 44.6. The average Bonchev–Trinajstić information content (AvgIpc) is 3.06. The molecule has 43 heavy (non-hydrogen) atoms. The quantitative estimate of drug-likeness (QED) is 0.188. The Morgan fingerprint density at radius 1 is 0.605 bits per heavy atom. The van der Waals surface area contributed by atoms with Gasteiger partial charge in [0.25, 0.3) is 5.91 Å². The summed E-state index contributed by atoms with van der Waals surface area (Å²) >= 11 is 0. The van der Waals surface area contributed by atoms with Crippen molar-refractivity contribution in [3.05, 3.63) is 167 Å². The minimum Gasteiger partial charge on any atom is -0.474 e. The maximum atomic E-state index is 13.2. The van der Waals surface area contributed by atoms with E-state index in [1.54, 1.807) is 6.07 Å². The molecule has 0 aliphatic carbocycles. The van der Waals surface area contributed by atoms with E-state index in [1.807, 2.05) is 109 Å². The highest BCUT2D eigenvalue weighted by atomic mass is 16.4. The van der Waals surface area contributed by atoms with Crippen LogP contribution >= 0.6 is 0 Å². The molecule has 0 heterocycles. The van der Waals surface area contributed by atoms with Crippen molar-refractivity contribution in [2.75, 3.05) is 6.54 Å². The lowest BCUT2D eigenvalue weighted by Gasteiger charge is -2.21. The molecular formula is C37H32N2O4. The number of carboxylic acid groups (broad SMARTS) is 1. The zero-order valence-corrected chi connectivity index (χ0v) is 23.6. The van der Waals surface area contributed by atoms with Crippen molar-refractivity contribution in [1.82, 2.24) is 10.2 Å². The predicted molar refractivity (Wildman–Crippen MR) is 167 cm³/mol. The molecule has 2 N–H and O–H groups in total. The summed E-state index contributed by atoms with van der Waals surface area (Å²) in [5.74, 6) is -2.56. The number of hydrogen-bond donors (Lipinski definition) is 2. The van der Waals surface area contributed by atoms with Crippen LogP contribution in [0.4, 0.5) is 0 Å². The van der Waals surface area contributed by atoms with Gasteiger partial charge >= 0.3 is 11.9 Å². The number of aliphatic carboxylic acids is 1. The van der Waals surface area contributed by atoms with Gasteiger partial charge in [-0.15, -0.1) is 0 Å². The summed E-state index contributed by atoms with van der Waals surface area (Å²) in [6.07, 6.45) is 0. The Hall–Kier alpha value is -5.49. The first-order valence-corrected chi connectivity index (χ1v) is 14.1. The first kappa shape index (κ1) is 29.0. The maximum Gasteiger partial charge on any atom is 0.394 e. The minimum atomic E-state index is -1.48. The number of carbonyl (C=O) groups is 3. The van der Waals surface area contributed by atoms with E-state index in [0.717, 1.165) is 33.4 Å². The van der Waals surface area contributed by atoms with E-state index >= 15 is 0 Å². The zero-order valence-electron chi connectivity index (χ0n) is 23.6. The summed E-state index contributed by atoms with van der Waals surface area (Å²) in [4.78, 5) is 38.4. The van der Waals surface area contributed by atoms with Gasteiger partial charge in [-0.25, -0.2) is 4.79 Å². The van der Waals surface area contributed by atoms with Crippen LogP contribution in [0, 0.1) is 0 Å². The molecule has 0 bridgehead atoms. The lowest BCUT2D eigenvalue weighted by atomic mass is 9.91. The standard InChI is InChI=1S/C37H32N2O4/c40-35(38-24-34(30-13-6-2-7-14-30)31-15-8-3-9-16-31)33-18-10-17-32(23-33)29-21-19-28(20-22-29)26-39(36(41)37(42)43)25-27-11-4-1-5-12-27/h1-23,34H,24-26H2,(H,38,40)(H,42,43). The van der Waals surface area contributed by atoms with E-state index in [9.17, 15) is 19.5 Å². The van der Waals surface area contributed by atoms with Gasteiger partial charge < -0.3 is 15.3 Å². The van der Waals surface area contributed by atoms with Gasteiger partial charge in [-0.2, -0.15) is 0 Å². The van der Waals surface area contributed by atoms with Crippen LogP contribution < -0.4 is 5.32 Å². The van der Waals surface area contributed by atoms with Gasteiger partial charge in [-0.05, 0) is 45.5 Å². The Morgan fingerprint density at radius 2 is 1.14 bits per heavy atom. The third-order valence-corrected chi connectivity index (χ3v) is 7.34. The van der Waals surface area contributed by atoms with Gasteiger partial charge in [-0.1, -0.05) is 127 Å². The Bertz CT molecular complexity index is 1630. The number of amides is 2. The molecule has 0 aliphatic heterocycles. The molecule has 0 aromatic heterocycles. The monoisotopic (exact) mass is 568 g/mol. The minimum absolute atomic E-state index is 0.0246. The van der Waals surface area contributed by atoms with Crippen LogP contribution in [0.25, 0.3) is 11.1 Å². The van der Waals surface area contributed by atoms with Crippen LogP contribution in [0.15, 0.2) is 140 Å². The highest BCUT2D eigenvalue weighted by molar-refractivity contribution is 6.31. The molecule has 5 aromatic rings. The molecule has 5 rings (SSSR count). The summed E-state index contributed by atoms with van der Waals surface area (Å²) in [5.41, 5.74) is 6.26. The Morgan fingerprint density at radius 3 is 1.70 bits per heavy atom. The fourth-order valence-electron chi connectivity index (χ4n) is 5.10. The first-order chi connectivity index (χ1) is 21.0. The van der Waals surface area contributed by atoms with Crippen LogP contribution in [0.5, 0.6) is 0 Å². The summed E-state index contributed by atoms with van der Waals surface area (Å²) < 4.78 is 0. The molecule has 0 aliphatic rings. The molecule has 0 fully saturated rings. The van der Waals surface area contributed by atoms with Crippen LogP contribution in [0.3, 0.4) is 0 Å². The molecular weight excluding hydrogens is 536 g/mol. The highest BCUT2D eigenvalue weighted by Gasteiger charge is 2.21. The van der Waals surface area contributed by atoms with E-state index < -0.39 is 11.9 Å². The van der Waals surface area contributed by atoms with Gasteiger partial charge in [-0.3, -0.25) is 9.59 Å². The van der Waals surface area contributed by atoms with Gasteiger partial charge in [0, 0.05) is 31.1 Å². The molecule has 0 saturated heterocycles. The maximum absolute atomic E-state index is 13.2. The number of carbonyl (C=O) groups excluding carboxylic acids is 2. The average molecular weight is 569 g/mol. The van der Waals surface area contributed by atoms with Crippen molar-refractivity contribution in [3.8, 4) is 11.1 Å². The molecule has 0 atom stereocenters. The number of hydrogen-bond acceptors (Lipinski definition) is 3.